The van der Waals surface area contributed by atoms with Crippen molar-refractivity contribution in [3.8, 4) is 55.6 Å². The minimum Gasteiger partial charge on any atom is -0.310 e. The molecule has 66 heavy (non-hydrogen) atoms. The van der Waals surface area contributed by atoms with Gasteiger partial charge in [0.15, 0.2) is 0 Å². The lowest BCUT2D eigenvalue weighted by molar-refractivity contribution is 0.660. The first kappa shape index (κ1) is 38.9. The van der Waals surface area contributed by atoms with Gasteiger partial charge in [0.25, 0.3) is 0 Å². The molecule has 2 aliphatic rings. The normalized spacial score (nSPS) is 14.0. The molecular weight excluding hydrogens is 815 g/mol. The number of nitrogens with zero attached hydrogens (tertiary/aromatic N) is 1. The maximum absolute atomic E-state index is 2.45. The van der Waals surface area contributed by atoms with E-state index in [1.165, 1.54) is 109 Å². The Labute approximate surface area is 390 Å². The van der Waals surface area contributed by atoms with Gasteiger partial charge in [-0.25, -0.2) is 0 Å². The van der Waals surface area contributed by atoms with Gasteiger partial charge < -0.3 is 4.90 Å². The van der Waals surface area contributed by atoms with Crippen molar-refractivity contribution in [3.05, 3.63) is 235 Å². The fourth-order valence-electron chi connectivity index (χ4n) is 11.8. The smallest absolute Gasteiger partial charge is 0.0465 e. The molecule has 13 rings (SSSR count). The highest BCUT2D eigenvalue weighted by Gasteiger charge is 2.40. The average Bonchev–Trinajstić information content (AvgIpc) is 3.94. The number of fused-ring (bicyclic) bond motifs is 11. The molecule has 0 radical (unpaired) electrons. The molecule has 1 aromatic heterocycles. The van der Waals surface area contributed by atoms with E-state index in [4.69, 9.17) is 0 Å². The summed E-state index contributed by atoms with van der Waals surface area (Å²) in [6.07, 6.45) is 0. The Morgan fingerprint density at radius 1 is 0.333 bits per heavy atom. The highest BCUT2D eigenvalue weighted by atomic mass is 32.1. The fourth-order valence-corrected chi connectivity index (χ4v) is 13.0. The van der Waals surface area contributed by atoms with Gasteiger partial charge in [0.1, 0.15) is 0 Å². The molecule has 314 valence electrons. The molecule has 0 N–H and O–H groups in total. The van der Waals surface area contributed by atoms with Crippen LogP contribution in [0.4, 0.5) is 17.1 Å². The molecule has 0 atom stereocenters. The van der Waals surface area contributed by atoms with Gasteiger partial charge in [-0.05, 0) is 131 Å². The van der Waals surface area contributed by atoms with Crippen LogP contribution in [-0.2, 0) is 10.8 Å². The summed E-state index contributed by atoms with van der Waals surface area (Å²) in [5.74, 6) is 0. The van der Waals surface area contributed by atoms with E-state index >= 15 is 0 Å². The predicted molar refractivity (Wildman–Crippen MR) is 283 cm³/mol. The first-order chi connectivity index (χ1) is 32.3. The van der Waals surface area contributed by atoms with Gasteiger partial charge >= 0.3 is 0 Å². The SMILES string of the molecule is CC1(C)c2ccccc2-c2ccc(N(c3ccc(-c4c5c(c6ccccc6c4-c4ccccc4)C(C)(C)c4ccccc4-5)cc3)c3ccc(-c4cccc5c4sc4ccccc45)cc3)cc21. The maximum atomic E-state index is 2.45. The molecule has 0 amide bonds. The summed E-state index contributed by atoms with van der Waals surface area (Å²) >= 11 is 1.89. The van der Waals surface area contributed by atoms with Crippen LogP contribution in [0.5, 0.6) is 0 Å². The minimum absolute atomic E-state index is 0.126. The second-order valence-electron chi connectivity index (χ2n) is 19.2. The quantitative estimate of drug-likeness (QED) is 0.161. The molecular formula is C64H47NS. The summed E-state index contributed by atoms with van der Waals surface area (Å²) in [5.41, 5.74) is 21.5. The number of hydrogen-bond donors (Lipinski definition) is 0. The minimum atomic E-state index is -0.165. The first-order valence-corrected chi connectivity index (χ1v) is 24.0. The number of benzene rings is 10. The molecule has 2 aliphatic carbocycles. The number of anilines is 3. The molecule has 0 unspecified atom stereocenters. The number of rotatable bonds is 6. The van der Waals surface area contributed by atoms with Crippen molar-refractivity contribution in [2.75, 3.05) is 4.90 Å². The topological polar surface area (TPSA) is 3.24 Å². The molecule has 0 spiro atoms. The largest absolute Gasteiger partial charge is 0.310 e. The van der Waals surface area contributed by atoms with Crippen molar-refractivity contribution < 1.29 is 0 Å². The van der Waals surface area contributed by atoms with E-state index in [2.05, 4.69) is 245 Å². The molecule has 0 saturated heterocycles. The van der Waals surface area contributed by atoms with Crippen LogP contribution in [0.15, 0.2) is 212 Å². The summed E-state index contributed by atoms with van der Waals surface area (Å²) in [6.45, 7) is 9.55. The molecule has 10 aromatic carbocycles. The van der Waals surface area contributed by atoms with Gasteiger partial charge in [-0.3, -0.25) is 0 Å². The standard InChI is InChI=1S/C64H47NS/c1-63(2)54-26-13-10-19-47(54)48-38-37-45(39-56(48)63)65(43-33-29-40(30-34-43)46-24-16-25-52-49-20-12-15-28-57(49)66-62(46)52)44-35-31-42(32-36-44)59-58(41-17-6-5-7-18-41)50-21-8-9-22-51(50)61-60(59)53-23-11-14-27-55(53)64(61,3)4/h5-39H,1-4H3. The Morgan fingerprint density at radius 2 is 0.864 bits per heavy atom. The van der Waals surface area contributed by atoms with Crippen LogP contribution in [0.3, 0.4) is 0 Å². The zero-order valence-corrected chi connectivity index (χ0v) is 38.4. The molecule has 11 aromatic rings. The Morgan fingerprint density at radius 3 is 1.61 bits per heavy atom. The van der Waals surface area contributed by atoms with Crippen LogP contribution >= 0.6 is 11.3 Å². The van der Waals surface area contributed by atoms with Crippen LogP contribution in [0.1, 0.15) is 49.9 Å². The van der Waals surface area contributed by atoms with Crippen LogP contribution < -0.4 is 4.90 Å². The lowest BCUT2D eigenvalue weighted by atomic mass is 9.77. The lowest BCUT2D eigenvalue weighted by Crippen LogP contribution is -2.16. The highest BCUT2D eigenvalue weighted by molar-refractivity contribution is 7.26. The maximum Gasteiger partial charge on any atom is 0.0465 e. The summed E-state index contributed by atoms with van der Waals surface area (Å²) in [4.78, 5) is 2.45. The number of thiophene rings is 1. The van der Waals surface area contributed by atoms with Gasteiger partial charge in [0, 0.05) is 48.1 Å². The Bertz CT molecular complexity index is 3740. The van der Waals surface area contributed by atoms with E-state index in [9.17, 15) is 0 Å². The average molecular weight is 862 g/mol. The predicted octanol–water partition coefficient (Wildman–Crippen LogP) is 18.3. The van der Waals surface area contributed by atoms with Crippen molar-refractivity contribution in [2.24, 2.45) is 0 Å². The Kier molecular flexibility index (Phi) is 8.54. The summed E-state index contributed by atoms with van der Waals surface area (Å²) in [6, 6.07) is 79.4. The third-order valence-corrected chi connectivity index (χ3v) is 16.1. The van der Waals surface area contributed by atoms with E-state index in [0.29, 0.717) is 0 Å². The van der Waals surface area contributed by atoms with Gasteiger partial charge in [-0.1, -0.05) is 198 Å². The monoisotopic (exact) mass is 861 g/mol. The van der Waals surface area contributed by atoms with Crippen molar-refractivity contribution >= 4 is 59.3 Å². The molecule has 1 heterocycles. The van der Waals surface area contributed by atoms with Crippen LogP contribution in [0, 0.1) is 0 Å². The second-order valence-corrected chi connectivity index (χ2v) is 20.2. The molecule has 0 aliphatic heterocycles. The summed E-state index contributed by atoms with van der Waals surface area (Å²) in [5, 5.41) is 5.26. The summed E-state index contributed by atoms with van der Waals surface area (Å²) < 4.78 is 2.66. The van der Waals surface area contributed by atoms with E-state index in [-0.39, 0.29) is 10.8 Å². The molecule has 0 fully saturated rings. The van der Waals surface area contributed by atoms with Crippen molar-refractivity contribution in [3.63, 3.8) is 0 Å². The molecule has 0 bridgehead atoms. The summed E-state index contributed by atoms with van der Waals surface area (Å²) in [7, 11) is 0. The van der Waals surface area contributed by atoms with Crippen LogP contribution in [0.25, 0.3) is 86.6 Å². The molecule has 2 heteroatoms. The molecule has 1 nitrogen and oxygen atoms in total. The zero-order valence-electron chi connectivity index (χ0n) is 37.6. The van der Waals surface area contributed by atoms with Crippen molar-refractivity contribution in [1.29, 1.82) is 0 Å². The van der Waals surface area contributed by atoms with Gasteiger partial charge in [-0.15, -0.1) is 11.3 Å². The van der Waals surface area contributed by atoms with E-state index in [0.717, 1.165) is 17.1 Å². The Hall–Kier alpha value is -7.52. The van der Waals surface area contributed by atoms with Crippen molar-refractivity contribution in [2.45, 2.75) is 38.5 Å². The first-order valence-electron chi connectivity index (χ1n) is 23.2. The third kappa shape index (κ3) is 5.65. The van der Waals surface area contributed by atoms with Gasteiger partial charge in [-0.2, -0.15) is 0 Å². The van der Waals surface area contributed by atoms with E-state index in [1.807, 2.05) is 11.3 Å². The van der Waals surface area contributed by atoms with Crippen LogP contribution in [0.2, 0.25) is 0 Å². The Balaban J connectivity index is 1.000. The van der Waals surface area contributed by atoms with Crippen LogP contribution in [-0.4, -0.2) is 0 Å². The number of hydrogen-bond acceptors (Lipinski definition) is 2. The van der Waals surface area contributed by atoms with E-state index < -0.39 is 0 Å². The second kappa shape index (κ2) is 14.5. The van der Waals surface area contributed by atoms with Gasteiger partial charge in [0.05, 0.1) is 0 Å². The lowest BCUT2D eigenvalue weighted by Gasteiger charge is -2.29. The van der Waals surface area contributed by atoms with Crippen molar-refractivity contribution in [1.82, 2.24) is 0 Å². The third-order valence-electron chi connectivity index (χ3n) is 14.9. The van der Waals surface area contributed by atoms with E-state index in [1.54, 1.807) is 0 Å². The van der Waals surface area contributed by atoms with Gasteiger partial charge in [0.2, 0.25) is 0 Å². The zero-order chi connectivity index (χ0) is 44.3. The molecule has 0 saturated carbocycles. The fraction of sp³-hybridized carbons (Fsp3) is 0.0938. The highest BCUT2D eigenvalue weighted by Crippen LogP contribution is 2.58.